The number of halogens is 3. The van der Waals surface area contributed by atoms with Crippen molar-refractivity contribution in [2.24, 2.45) is 0 Å². The molecule has 2 heterocycles. The van der Waals surface area contributed by atoms with Crippen LogP contribution in [0.25, 0.3) is 17.1 Å². The van der Waals surface area contributed by atoms with Gasteiger partial charge in [-0.3, -0.25) is 10.2 Å². The van der Waals surface area contributed by atoms with Crippen LogP contribution in [0.5, 0.6) is 5.75 Å². The number of hydrazine groups is 1. The van der Waals surface area contributed by atoms with E-state index in [1.54, 1.807) is 30.3 Å². The Bertz CT molecular complexity index is 1850. The lowest BCUT2D eigenvalue weighted by molar-refractivity contribution is -0.137. The zero-order valence-electron chi connectivity index (χ0n) is 22.1. The molecule has 0 radical (unpaired) electrons. The maximum absolute atomic E-state index is 13.4. The minimum atomic E-state index is -4.55. The highest BCUT2D eigenvalue weighted by molar-refractivity contribution is 7.89. The van der Waals surface area contributed by atoms with Gasteiger partial charge in [0.15, 0.2) is 17.3 Å². The van der Waals surface area contributed by atoms with Gasteiger partial charge in [0.2, 0.25) is 5.95 Å². The monoisotopic (exact) mass is 610 g/mol. The fourth-order valence-electron chi connectivity index (χ4n) is 3.76. The van der Waals surface area contributed by atoms with Crippen LogP contribution in [0.3, 0.4) is 0 Å². The van der Waals surface area contributed by atoms with Crippen LogP contribution in [-0.4, -0.2) is 46.4 Å². The standard InChI is InChI=1S/C27H21F3N8O4S/c1-42-20-10-12-21(13-11-20)43(40,41)37-35-25(39)22-14-15-23(34-33-22)31-26-32-24(17-6-3-2-4-7-17)38(36-26)19-9-5-8-18(16-19)27(28,29)30/h2-16,37H,1H3,(H,35,39)(H,31,34,36). The number of benzene rings is 3. The number of hydrogen-bond donors (Lipinski definition) is 3. The van der Waals surface area contributed by atoms with Crippen molar-refractivity contribution in [1.82, 2.24) is 35.2 Å². The Kier molecular flexibility index (Phi) is 8.05. The van der Waals surface area contributed by atoms with Gasteiger partial charge in [0.05, 0.1) is 23.3 Å². The zero-order chi connectivity index (χ0) is 30.6. The zero-order valence-corrected chi connectivity index (χ0v) is 22.9. The first-order valence-electron chi connectivity index (χ1n) is 12.3. The Labute approximate surface area is 242 Å². The minimum Gasteiger partial charge on any atom is -0.497 e. The maximum Gasteiger partial charge on any atom is 0.416 e. The van der Waals surface area contributed by atoms with Crippen LogP contribution in [0.15, 0.2) is 95.9 Å². The molecule has 3 aromatic carbocycles. The number of hydrogen-bond acceptors (Lipinski definition) is 9. The van der Waals surface area contributed by atoms with E-state index in [0.717, 1.165) is 12.1 Å². The summed E-state index contributed by atoms with van der Waals surface area (Å²) in [7, 11) is -2.63. The second-order valence-corrected chi connectivity index (χ2v) is 10.4. The number of ether oxygens (including phenoxy) is 1. The predicted molar refractivity (Wildman–Crippen MR) is 148 cm³/mol. The summed E-state index contributed by atoms with van der Waals surface area (Å²) < 4.78 is 71.2. The molecule has 0 fully saturated rings. The summed E-state index contributed by atoms with van der Waals surface area (Å²) in [5.41, 5.74) is 1.72. The SMILES string of the molecule is COc1ccc(S(=O)(=O)NNC(=O)c2ccc(Nc3nc(-c4ccccc4)n(-c4cccc(C(F)(F)F)c4)n3)nn2)cc1. The Balaban J connectivity index is 1.32. The molecule has 220 valence electrons. The molecule has 5 aromatic rings. The van der Waals surface area contributed by atoms with Crippen LogP contribution in [-0.2, 0) is 16.2 Å². The fourth-order valence-corrected chi connectivity index (χ4v) is 4.60. The average molecular weight is 611 g/mol. The number of carbonyl (C=O) groups is 1. The molecule has 16 heteroatoms. The third-order valence-corrected chi connectivity index (χ3v) is 7.13. The van der Waals surface area contributed by atoms with Gasteiger partial charge in [-0.1, -0.05) is 36.4 Å². The van der Waals surface area contributed by atoms with Crippen LogP contribution < -0.4 is 20.3 Å². The molecule has 0 aliphatic heterocycles. The molecule has 0 aliphatic rings. The lowest BCUT2D eigenvalue weighted by Crippen LogP contribution is -2.41. The highest BCUT2D eigenvalue weighted by Gasteiger charge is 2.31. The number of anilines is 2. The van der Waals surface area contributed by atoms with Gasteiger partial charge in [-0.25, -0.2) is 13.1 Å². The van der Waals surface area contributed by atoms with Crippen molar-refractivity contribution >= 4 is 27.7 Å². The summed E-state index contributed by atoms with van der Waals surface area (Å²) in [6, 6.07) is 21.6. The van der Waals surface area contributed by atoms with Gasteiger partial charge < -0.3 is 10.1 Å². The minimum absolute atomic E-state index is 0.00461. The van der Waals surface area contributed by atoms with Crippen molar-refractivity contribution in [2.45, 2.75) is 11.1 Å². The number of rotatable bonds is 9. The van der Waals surface area contributed by atoms with Gasteiger partial charge in [-0.2, -0.15) is 18.2 Å². The lowest BCUT2D eigenvalue weighted by Gasteiger charge is -2.10. The first-order chi connectivity index (χ1) is 20.5. The van der Waals surface area contributed by atoms with E-state index in [1.165, 1.54) is 60.3 Å². The first-order valence-corrected chi connectivity index (χ1v) is 13.8. The van der Waals surface area contributed by atoms with Crippen LogP contribution in [0.4, 0.5) is 24.9 Å². The molecular weight excluding hydrogens is 589 g/mol. The van der Waals surface area contributed by atoms with Crippen molar-refractivity contribution in [2.75, 3.05) is 12.4 Å². The summed E-state index contributed by atoms with van der Waals surface area (Å²) in [5.74, 6) is -0.0583. The van der Waals surface area contributed by atoms with Crippen molar-refractivity contribution in [3.8, 4) is 22.8 Å². The van der Waals surface area contributed by atoms with Gasteiger partial charge in [-0.15, -0.1) is 20.1 Å². The van der Waals surface area contributed by atoms with Gasteiger partial charge in [0, 0.05) is 5.56 Å². The Morgan fingerprint density at radius 2 is 1.65 bits per heavy atom. The second-order valence-electron chi connectivity index (χ2n) is 8.75. The Hall–Kier alpha value is -5.35. The lowest BCUT2D eigenvalue weighted by atomic mass is 10.2. The van der Waals surface area contributed by atoms with E-state index in [1.807, 2.05) is 4.83 Å². The average Bonchev–Trinajstić information content (AvgIpc) is 3.44. The summed E-state index contributed by atoms with van der Waals surface area (Å²) >= 11 is 0. The third kappa shape index (κ3) is 6.77. The summed E-state index contributed by atoms with van der Waals surface area (Å²) in [5, 5.41) is 14.8. The van der Waals surface area contributed by atoms with E-state index in [-0.39, 0.29) is 33.9 Å². The number of amides is 1. The number of sulfonamides is 1. The Morgan fingerprint density at radius 1 is 0.907 bits per heavy atom. The molecule has 0 aliphatic carbocycles. The fraction of sp³-hybridized carbons (Fsp3) is 0.0741. The van der Waals surface area contributed by atoms with E-state index in [4.69, 9.17) is 4.74 Å². The number of alkyl halides is 3. The van der Waals surface area contributed by atoms with Crippen LogP contribution in [0.2, 0.25) is 0 Å². The molecular formula is C27H21F3N8O4S. The summed E-state index contributed by atoms with van der Waals surface area (Å²) in [4.78, 5) is 18.8. The smallest absolute Gasteiger partial charge is 0.416 e. The molecule has 2 aromatic heterocycles. The van der Waals surface area contributed by atoms with Gasteiger partial charge in [0.25, 0.3) is 15.9 Å². The molecule has 0 unspecified atom stereocenters. The van der Waals surface area contributed by atoms with Crippen LogP contribution in [0.1, 0.15) is 16.1 Å². The molecule has 1 amide bonds. The highest BCUT2D eigenvalue weighted by Crippen LogP contribution is 2.31. The van der Waals surface area contributed by atoms with E-state index >= 15 is 0 Å². The van der Waals surface area contributed by atoms with Crippen molar-refractivity contribution in [3.05, 3.63) is 102 Å². The molecule has 12 nitrogen and oxygen atoms in total. The number of aromatic nitrogens is 5. The van der Waals surface area contributed by atoms with Crippen LogP contribution in [0, 0.1) is 0 Å². The molecule has 43 heavy (non-hydrogen) atoms. The second kappa shape index (κ2) is 11.9. The van der Waals surface area contributed by atoms with E-state index in [0.29, 0.717) is 11.3 Å². The molecule has 3 N–H and O–H groups in total. The van der Waals surface area contributed by atoms with Crippen molar-refractivity contribution < 1.29 is 31.1 Å². The van der Waals surface area contributed by atoms with Gasteiger partial charge >= 0.3 is 6.18 Å². The molecule has 0 atom stereocenters. The third-order valence-electron chi connectivity index (χ3n) is 5.86. The molecule has 0 spiro atoms. The predicted octanol–water partition coefficient (Wildman–Crippen LogP) is 4.12. The van der Waals surface area contributed by atoms with E-state index in [9.17, 15) is 26.4 Å². The van der Waals surface area contributed by atoms with Gasteiger partial charge in [-0.05, 0) is 54.6 Å². The maximum atomic E-state index is 13.4. The summed E-state index contributed by atoms with van der Waals surface area (Å²) in [6.45, 7) is 0. The summed E-state index contributed by atoms with van der Waals surface area (Å²) in [6.07, 6.45) is -4.55. The molecule has 0 saturated carbocycles. The molecule has 5 rings (SSSR count). The van der Waals surface area contributed by atoms with E-state index in [2.05, 4.69) is 31.0 Å². The number of nitrogens with one attached hydrogen (secondary N) is 3. The molecule has 0 bridgehead atoms. The van der Waals surface area contributed by atoms with Crippen LogP contribution >= 0.6 is 0 Å². The van der Waals surface area contributed by atoms with Crippen molar-refractivity contribution in [3.63, 3.8) is 0 Å². The number of methoxy groups -OCH3 is 1. The quantitative estimate of drug-likeness (QED) is 0.209. The largest absolute Gasteiger partial charge is 0.497 e. The first kappa shape index (κ1) is 29.2. The highest BCUT2D eigenvalue weighted by atomic mass is 32.2. The normalized spacial score (nSPS) is 11.6. The van der Waals surface area contributed by atoms with E-state index < -0.39 is 27.7 Å². The Morgan fingerprint density at radius 3 is 2.30 bits per heavy atom. The van der Waals surface area contributed by atoms with Crippen molar-refractivity contribution in [1.29, 1.82) is 0 Å². The topological polar surface area (TPSA) is 153 Å². The number of carbonyl (C=O) groups excluding carboxylic acids is 1. The van der Waals surface area contributed by atoms with Gasteiger partial charge in [0.1, 0.15) is 5.75 Å². The molecule has 0 saturated heterocycles. The number of nitrogens with zero attached hydrogens (tertiary/aromatic N) is 5.